The maximum absolute atomic E-state index is 10.7. The normalized spacial score (nSPS) is 10.7. The summed E-state index contributed by atoms with van der Waals surface area (Å²) in [5.74, 6) is -0.767. The summed E-state index contributed by atoms with van der Waals surface area (Å²) in [5.41, 5.74) is 9.42. The van der Waals surface area contributed by atoms with Crippen LogP contribution in [0, 0.1) is 0 Å². The van der Waals surface area contributed by atoms with Gasteiger partial charge in [-0.25, -0.2) is 0 Å². The molecule has 182 valence electrons. The molecule has 0 aliphatic rings. The Balaban J connectivity index is 0.00000304. The van der Waals surface area contributed by atoms with Crippen molar-refractivity contribution in [2.45, 2.75) is 25.8 Å². The van der Waals surface area contributed by atoms with Crippen LogP contribution in [0.1, 0.15) is 28.7 Å². The quantitative estimate of drug-likeness (QED) is 0.198. The highest BCUT2D eigenvalue weighted by Crippen LogP contribution is 2.32. The van der Waals surface area contributed by atoms with Gasteiger partial charge in [-0.15, -0.1) is 12.4 Å². The minimum atomic E-state index is -0.767. The number of benzene rings is 4. The molecule has 36 heavy (non-hydrogen) atoms. The fourth-order valence-corrected chi connectivity index (χ4v) is 4.46. The number of aromatic nitrogens is 1. The van der Waals surface area contributed by atoms with Crippen molar-refractivity contribution in [3.8, 4) is 11.3 Å². The van der Waals surface area contributed by atoms with Crippen molar-refractivity contribution in [1.82, 2.24) is 4.98 Å². The van der Waals surface area contributed by atoms with Crippen LogP contribution in [0.5, 0.6) is 0 Å². The zero-order valence-electron chi connectivity index (χ0n) is 19.9. The predicted octanol–water partition coefficient (Wildman–Crippen LogP) is 7.48. The standard InChI is InChI=1S/C31H28N2O2.ClH/c34-30(35)19-16-22-14-17-26(18-15-22)32-21-24-12-10-23(11-13-24)20-28-27-8-4-5-9-29(27)33-31(28)25-6-2-1-3-7-25;/h1-15,17-18,32-33H,16,19-21H2,(H,34,35);1H. The molecule has 0 amide bonds. The monoisotopic (exact) mass is 496 g/mol. The van der Waals surface area contributed by atoms with E-state index in [1.807, 2.05) is 30.3 Å². The van der Waals surface area contributed by atoms with Crippen LogP contribution in [0.4, 0.5) is 5.69 Å². The molecule has 0 spiro atoms. The number of nitrogens with one attached hydrogen (secondary N) is 2. The lowest BCUT2D eigenvalue weighted by Crippen LogP contribution is -2.01. The van der Waals surface area contributed by atoms with Gasteiger partial charge in [-0.2, -0.15) is 0 Å². The molecule has 1 heterocycles. The Labute approximate surface area is 217 Å². The van der Waals surface area contributed by atoms with Crippen molar-refractivity contribution in [3.05, 3.63) is 125 Å². The number of aliphatic carboxylic acids is 1. The number of carboxylic acids is 1. The number of carboxylic acid groups (broad SMARTS) is 1. The minimum absolute atomic E-state index is 0. The molecule has 0 radical (unpaired) electrons. The molecule has 5 aromatic rings. The SMILES string of the molecule is Cl.O=C(O)CCc1ccc(NCc2ccc(Cc3c(-c4ccccc4)[nH]c4ccccc34)cc2)cc1. The third-order valence-corrected chi connectivity index (χ3v) is 6.36. The van der Waals surface area contributed by atoms with E-state index in [1.165, 1.54) is 33.3 Å². The molecule has 5 heteroatoms. The highest BCUT2D eigenvalue weighted by Gasteiger charge is 2.13. The van der Waals surface area contributed by atoms with E-state index >= 15 is 0 Å². The van der Waals surface area contributed by atoms with Crippen molar-refractivity contribution in [2.24, 2.45) is 0 Å². The zero-order valence-corrected chi connectivity index (χ0v) is 20.7. The van der Waals surface area contributed by atoms with E-state index in [2.05, 4.69) is 83.1 Å². The Kier molecular flexibility index (Phi) is 8.09. The molecule has 3 N–H and O–H groups in total. The van der Waals surface area contributed by atoms with Gasteiger partial charge in [-0.3, -0.25) is 4.79 Å². The Morgan fingerprint density at radius 1 is 0.750 bits per heavy atom. The van der Waals surface area contributed by atoms with Crippen molar-refractivity contribution >= 4 is 35.0 Å². The summed E-state index contributed by atoms with van der Waals surface area (Å²) >= 11 is 0. The fraction of sp³-hybridized carbons (Fsp3) is 0.129. The smallest absolute Gasteiger partial charge is 0.303 e. The third-order valence-electron chi connectivity index (χ3n) is 6.36. The van der Waals surface area contributed by atoms with E-state index in [0.29, 0.717) is 6.42 Å². The average molecular weight is 497 g/mol. The summed E-state index contributed by atoms with van der Waals surface area (Å²) in [7, 11) is 0. The van der Waals surface area contributed by atoms with Gasteiger partial charge >= 0.3 is 5.97 Å². The molecule has 1 aromatic heterocycles. The van der Waals surface area contributed by atoms with Crippen molar-refractivity contribution in [1.29, 1.82) is 0 Å². The van der Waals surface area contributed by atoms with Crippen LogP contribution < -0.4 is 5.32 Å². The summed E-state index contributed by atoms with van der Waals surface area (Å²) < 4.78 is 0. The van der Waals surface area contributed by atoms with Gasteiger partial charge in [-0.05, 0) is 52.4 Å². The Morgan fingerprint density at radius 3 is 2.11 bits per heavy atom. The second kappa shape index (κ2) is 11.6. The van der Waals surface area contributed by atoms with Crippen LogP contribution in [0.2, 0.25) is 0 Å². The summed E-state index contributed by atoms with van der Waals surface area (Å²) in [6, 6.07) is 35.8. The van der Waals surface area contributed by atoms with Gasteiger partial charge in [0, 0.05) is 36.0 Å². The highest BCUT2D eigenvalue weighted by molar-refractivity contribution is 5.91. The van der Waals surface area contributed by atoms with Crippen molar-refractivity contribution in [3.63, 3.8) is 0 Å². The van der Waals surface area contributed by atoms with Gasteiger partial charge in [0.15, 0.2) is 0 Å². The molecule has 0 aliphatic heterocycles. The molecule has 4 nitrogen and oxygen atoms in total. The lowest BCUT2D eigenvalue weighted by molar-refractivity contribution is -0.136. The van der Waals surface area contributed by atoms with Crippen LogP contribution in [0.3, 0.4) is 0 Å². The predicted molar refractivity (Wildman–Crippen MR) is 150 cm³/mol. The molecule has 0 fully saturated rings. The van der Waals surface area contributed by atoms with Crippen LogP contribution in [0.25, 0.3) is 22.2 Å². The number of H-pyrrole nitrogens is 1. The second-order valence-electron chi connectivity index (χ2n) is 8.83. The van der Waals surface area contributed by atoms with Crippen LogP contribution in [-0.4, -0.2) is 16.1 Å². The molecule has 0 unspecified atom stereocenters. The number of halogens is 1. The summed E-state index contributed by atoms with van der Waals surface area (Å²) in [6.45, 7) is 0.733. The number of rotatable bonds is 9. The van der Waals surface area contributed by atoms with Crippen LogP contribution >= 0.6 is 12.4 Å². The summed E-state index contributed by atoms with van der Waals surface area (Å²) in [6.07, 6.45) is 1.57. The molecule has 4 aromatic carbocycles. The molecule has 0 bridgehead atoms. The molecule has 0 saturated carbocycles. The minimum Gasteiger partial charge on any atom is -0.481 e. The molecular weight excluding hydrogens is 468 g/mol. The van der Waals surface area contributed by atoms with Crippen molar-refractivity contribution in [2.75, 3.05) is 5.32 Å². The number of para-hydroxylation sites is 1. The van der Waals surface area contributed by atoms with E-state index in [4.69, 9.17) is 5.11 Å². The maximum atomic E-state index is 10.7. The van der Waals surface area contributed by atoms with Gasteiger partial charge < -0.3 is 15.4 Å². The van der Waals surface area contributed by atoms with E-state index < -0.39 is 5.97 Å². The van der Waals surface area contributed by atoms with Gasteiger partial charge in [-0.1, -0.05) is 84.9 Å². The van der Waals surface area contributed by atoms with E-state index in [-0.39, 0.29) is 18.8 Å². The van der Waals surface area contributed by atoms with E-state index in [0.717, 1.165) is 29.7 Å². The molecular formula is C31H29ClN2O2. The number of fused-ring (bicyclic) bond motifs is 1. The fourth-order valence-electron chi connectivity index (χ4n) is 4.46. The molecule has 5 rings (SSSR count). The van der Waals surface area contributed by atoms with Gasteiger partial charge in [0.1, 0.15) is 0 Å². The lowest BCUT2D eigenvalue weighted by atomic mass is 9.98. The van der Waals surface area contributed by atoms with Crippen LogP contribution in [-0.2, 0) is 24.2 Å². The Bertz CT molecular complexity index is 1430. The topological polar surface area (TPSA) is 65.1 Å². The molecule has 0 atom stereocenters. The highest BCUT2D eigenvalue weighted by atomic mass is 35.5. The first-order chi connectivity index (χ1) is 17.2. The summed E-state index contributed by atoms with van der Waals surface area (Å²) in [4.78, 5) is 14.4. The van der Waals surface area contributed by atoms with Crippen LogP contribution in [0.15, 0.2) is 103 Å². The van der Waals surface area contributed by atoms with E-state index in [1.54, 1.807) is 0 Å². The second-order valence-corrected chi connectivity index (χ2v) is 8.83. The summed E-state index contributed by atoms with van der Waals surface area (Å²) in [5, 5.41) is 13.5. The number of hydrogen-bond acceptors (Lipinski definition) is 2. The first-order valence-corrected chi connectivity index (χ1v) is 11.9. The Morgan fingerprint density at radius 2 is 1.39 bits per heavy atom. The average Bonchev–Trinajstić information content (AvgIpc) is 3.26. The number of aryl methyl sites for hydroxylation is 1. The Hall–Kier alpha value is -4.02. The van der Waals surface area contributed by atoms with Gasteiger partial charge in [0.25, 0.3) is 0 Å². The zero-order chi connectivity index (χ0) is 24.0. The number of anilines is 1. The van der Waals surface area contributed by atoms with E-state index in [9.17, 15) is 4.79 Å². The van der Waals surface area contributed by atoms with Gasteiger partial charge in [0.05, 0.1) is 5.69 Å². The number of hydrogen-bond donors (Lipinski definition) is 3. The number of carbonyl (C=O) groups is 1. The largest absolute Gasteiger partial charge is 0.481 e. The molecule has 0 aliphatic carbocycles. The maximum Gasteiger partial charge on any atom is 0.303 e. The first kappa shape index (κ1) is 25.1. The first-order valence-electron chi connectivity index (χ1n) is 11.9. The lowest BCUT2D eigenvalue weighted by Gasteiger charge is -2.09. The molecule has 0 saturated heterocycles. The van der Waals surface area contributed by atoms with Crippen molar-refractivity contribution < 1.29 is 9.90 Å². The number of aromatic amines is 1. The van der Waals surface area contributed by atoms with Gasteiger partial charge in [0.2, 0.25) is 0 Å². The third kappa shape index (κ3) is 5.96.